The molecule has 0 radical (unpaired) electrons. The second kappa shape index (κ2) is 6.04. The maximum Gasteiger partial charge on any atom is 0.260 e. The summed E-state index contributed by atoms with van der Waals surface area (Å²) in [6.45, 7) is 4.40. The largest absolute Gasteiger partial charge is 0.316 e. The second-order valence-corrected chi connectivity index (χ2v) is 7.78. The molecular weight excluding hydrogens is 290 g/mol. The number of nitrogens with one attached hydrogen (secondary N) is 2. The van der Waals surface area contributed by atoms with E-state index in [1.807, 2.05) is 0 Å². The van der Waals surface area contributed by atoms with Gasteiger partial charge in [-0.2, -0.15) is 9.40 Å². The van der Waals surface area contributed by atoms with Crippen molar-refractivity contribution < 1.29 is 8.42 Å². The lowest BCUT2D eigenvalue weighted by Crippen LogP contribution is -2.49. The van der Waals surface area contributed by atoms with E-state index in [2.05, 4.69) is 20.4 Å². The van der Waals surface area contributed by atoms with Crippen LogP contribution in [-0.4, -0.2) is 67.6 Å². The first-order chi connectivity index (χ1) is 10.1. The minimum Gasteiger partial charge on any atom is -0.316 e. The highest BCUT2D eigenvalue weighted by atomic mass is 32.2. The number of aromatic nitrogens is 2. The van der Waals surface area contributed by atoms with Crippen LogP contribution in [0.1, 0.15) is 18.4 Å². The second-order valence-electron chi connectivity index (χ2n) is 5.90. The summed E-state index contributed by atoms with van der Waals surface area (Å²) in [5, 5.41) is 9.73. The van der Waals surface area contributed by atoms with Gasteiger partial charge in [-0.3, -0.25) is 5.10 Å². The van der Waals surface area contributed by atoms with Gasteiger partial charge in [0.05, 0.1) is 6.20 Å². The van der Waals surface area contributed by atoms with Gasteiger partial charge in [-0.25, -0.2) is 8.42 Å². The molecule has 3 rings (SSSR count). The zero-order valence-corrected chi connectivity index (χ0v) is 13.2. The molecule has 118 valence electrons. The third-order valence-electron chi connectivity index (χ3n) is 4.19. The number of sulfonamides is 1. The predicted molar refractivity (Wildman–Crippen MR) is 79.3 cm³/mol. The molecule has 0 bridgehead atoms. The topological polar surface area (TPSA) is 81.3 Å². The molecule has 2 N–H and O–H groups in total. The summed E-state index contributed by atoms with van der Waals surface area (Å²) >= 11 is 0. The van der Waals surface area contributed by atoms with Crippen molar-refractivity contribution in [3.63, 3.8) is 0 Å². The highest BCUT2D eigenvalue weighted by Gasteiger charge is 2.33. The van der Waals surface area contributed by atoms with Crippen LogP contribution in [0.5, 0.6) is 0 Å². The van der Waals surface area contributed by atoms with Crippen molar-refractivity contribution in [1.82, 2.24) is 24.7 Å². The number of hydrogen-bond donors (Lipinski definition) is 2. The van der Waals surface area contributed by atoms with E-state index >= 15 is 0 Å². The lowest BCUT2D eigenvalue weighted by atomic mass is 10.3. The summed E-state index contributed by atoms with van der Waals surface area (Å²) in [5.74, 6) is 0.850. The summed E-state index contributed by atoms with van der Waals surface area (Å²) in [4.78, 5) is 2.38. The summed E-state index contributed by atoms with van der Waals surface area (Å²) in [6.07, 6.45) is 4.24. The number of nitrogens with zero attached hydrogens (tertiary/aromatic N) is 3. The number of H-pyrrole nitrogens is 1. The fourth-order valence-corrected chi connectivity index (χ4v) is 4.31. The van der Waals surface area contributed by atoms with Crippen LogP contribution in [0.25, 0.3) is 0 Å². The van der Waals surface area contributed by atoms with Gasteiger partial charge in [-0.1, -0.05) is 0 Å². The third kappa shape index (κ3) is 3.28. The first-order valence-corrected chi connectivity index (χ1v) is 8.94. The van der Waals surface area contributed by atoms with E-state index in [4.69, 9.17) is 0 Å². The molecule has 1 aromatic rings. The molecule has 2 heterocycles. The van der Waals surface area contributed by atoms with Crippen LogP contribution < -0.4 is 5.32 Å². The fourth-order valence-electron chi connectivity index (χ4n) is 2.79. The highest BCUT2D eigenvalue weighted by Crippen LogP contribution is 2.30. The predicted octanol–water partition coefficient (Wildman–Crippen LogP) is -0.155. The smallest absolute Gasteiger partial charge is 0.260 e. The average molecular weight is 313 g/mol. The van der Waals surface area contributed by atoms with E-state index in [9.17, 15) is 8.42 Å². The molecule has 7 nitrogen and oxygen atoms in total. The number of hydrogen-bond acceptors (Lipinski definition) is 5. The minimum atomic E-state index is -3.46. The summed E-state index contributed by atoms with van der Waals surface area (Å²) in [7, 11) is -1.67. The van der Waals surface area contributed by atoms with Crippen LogP contribution >= 0.6 is 0 Å². The van der Waals surface area contributed by atoms with E-state index in [0.717, 1.165) is 25.6 Å². The Kier molecular flexibility index (Phi) is 4.30. The van der Waals surface area contributed by atoms with Gasteiger partial charge in [-0.15, -0.1) is 0 Å². The van der Waals surface area contributed by atoms with Gasteiger partial charge >= 0.3 is 0 Å². The maximum absolute atomic E-state index is 12.7. The highest BCUT2D eigenvalue weighted by molar-refractivity contribution is 7.89. The molecule has 1 aromatic heterocycles. The van der Waals surface area contributed by atoms with Gasteiger partial charge in [0.25, 0.3) is 10.0 Å². The Morgan fingerprint density at radius 2 is 2.05 bits per heavy atom. The van der Waals surface area contributed by atoms with Crippen LogP contribution in [0.2, 0.25) is 0 Å². The lowest BCUT2D eigenvalue weighted by Gasteiger charge is -2.33. The molecule has 1 saturated heterocycles. The van der Waals surface area contributed by atoms with Crippen molar-refractivity contribution in [3.05, 3.63) is 11.8 Å². The maximum atomic E-state index is 12.7. The summed E-state index contributed by atoms with van der Waals surface area (Å²) < 4.78 is 27.0. The molecule has 21 heavy (non-hydrogen) atoms. The van der Waals surface area contributed by atoms with Crippen LogP contribution in [0.4, 0.5) is 0 Å². The van der Waals surface area contributed by atoms with Crippen molar-refractivity contribution in [1.29, 1.82) is 0 Å². The Labute approximate surface area is 125 Å². The fraction of sp³-hybridized carbons (Fsp3) is 0.769. The molecule has 0 amide bonds. The average Bonchev–Trinajstić information content (AvgIpc) is 3.15. The number of piperazine rings is 1. The zero-order valence-electron chi connectivity index (χ0n) is 12.4. The molecule has 0 atom stereocenters. The SMILES string of the molecule is CNCc1cn[nH]c1S(=O)(=O)N1CCN(CC2CC2)CC1. The van der Waals surface area contributed by atoms with Gasteiger partial charge < -0.3 is 10.2 Å². The standard InChI is InChI=1S/C13H23N5O2S/c1-14-8-12-9-15-16-13(12)21(19,20)18-6-4-17(5-7-18)10-11-2-3-11/h9,11,14H,2-8,10H2,1H3,(H,15,16). The Morgan fingerprint density at radius 3 is 2.67 bits per heavy atom. The van der Waals surface area contributed by atoms with E-state index in [1.165, 1.54) is 12.8 Å². The first-order valence-electron chi connectivity index (χ1n) is 7.50. The molecular formula is C13H23N5O2S. The Balaban J connectivity index is 1.66. The molecule has 0 spiro atoms. The van der Waals surface area contributed by atoms with Crippen LogP contribution in [0.15, 0.2) is 11.2 Å². The molecule has 0 unspecified atom stereocenters. The summed E-state index contributed by atoms with van der Waals surface area (Å²) in [6, 6.07) is 0. The van der Waals surface area contributed by atoms with Crippen molar-refractivity contribution in [2.75, 3.05) is 39.8 Å². The van der Waals surface area contributed by atoms with E-state index in [1.54, 1.807) is 17.5 Å². The van der Waals surface area contributed by atoms with Crippen molar-refractivity contribution in [2.24, 2.45) is 5.92 Å². The lowest BCUT2D eigenvalue weighted by molar-refractivity contribution is 0.182. The van der Waals surface area contributed by atoms with E-state index in [-0.39, 0.29) is 5.03 Å². The van der Waals surface area contributed by atoms with Gasteiger partial charge in [-0.05, 0) is 25.8 Å². The third-order valence-corrected chi connectivity index (χ3v) is 6.10. The van der Waals surface area contributed by atoms with Crippen LogP contribution in [0, 0.1) is 5.92 Å². The molecule has 2 fully saturated rings. The molecule has 1 aliphatic carbocycles. The van der Waals surface area contributed by atoms with Crippen LogP contribution in [0.3, 0.4) is 0 Å². The first kappa shape index (κ1) is 15.0. The molecule has 8 heteroatoms. The quantitative estimate of drug-likeness (QED) is 0.763. The van der Waals surface area contributed by atoms with E-state index < -0.39 is 10.0 Å². The van der Waals surface area contributed by atoms with E-state index in [0.29, 0.717) is 25.2 Å². The monoisotopic (exact) mass is 313 g/mol. The Hall–Kier alpha value is -0.960. The van der Waals surface area contributed by atoms with Crippen molar-refractivity contribution in [2.45, 2.75) is 24.4 Å². The van der Waals surface area contributed by atoms with Crippen molar-refractivity contribution >= 4 is 10.0 Å². The van der Waals surface area contributed by atoms with Crippen LogP contribution in [-0.2, 0) is 16.6 Å². The zero-order chi connectivity index (χ0) is 14.9. The number of rotatable bonds is 6. The molecule has 1 aliphatic heterocycles. The van der Waals surface area contributed by atoms with Gasteiger partial charge in [0.1, 0.15) is 0 Å². The van der Waals surface area contributed by atoms with Gasteiger partial charge in [0.15, 0.2) is 5.03 Å². The summed E-state index contributed by atoms with van der Waals surface area (Å²) in [5.41, 5.74) is 0.693. The molecule has 2 aliphatic rings. The Bertz CT molecular complexity index is 573. The minimum absolute atomic E-state index is 0.229. The number of aromatic amines is 1. The van der Waals surface area contributed by atoms with Gasteiger partial charge in [0, 0.05) is 44.8 Å². The molecule has 0 aromatic carbocycles. The Morgan fingerprint density at radius 1 is 1.33 bits per heavy atom. The molecule has 1 saturated carbocycles. The normalized spacial score (nSPS) is 21.8. The van der Waals surface area contributed by atoms with Crippen molar-refractivity contribution in [3.8, 4) is 0 Å². The van der Waals surface area contributed by atoms with Gasteiger partial charge in [0.2, 0.25) is 0 Å².